The summed E-state index contributed by atoms with van der Waals surface area (Å²) in [5.74, 6) is 1.07. The van der Waals surface area contributed by atoms with Gasteiger partial charge in [0.2, 0.25) is 5.91 Å². The standard InChI is InChI=1S/C26H29ClN2O3S2/c1-19-8-10-24(11-9-19)34(31,32)29(23-15-20(2)14-21(3)16-23)17-26(30)28-12-13-33-18-22-6-4-5-7-25(22)27/h4-11,14-16H,12-13,17-18H2,1-3H3,(H,28,30). The minimum absolute atomic E-state index is 0.153. The molecule has 0 heterocycles. The van der Waals surface area contributed by atoms with Crippen molar-refractivity contribution in [1.82, 2.24) is 5.32 Å². The van der Waals surface area contributed by atoms with Gasteiger partial charge in [-0.25, -0.2) is 8.42 Å². The molecule has 180 valence electrons. The lowest BCUT2D eigenvalue weighted by Crippen LogP contribution is -2.41. The molecule has 0 bridgehead atoms. The Morgan fingerprint density at radius 3 is 2.24 bits per heavy atom. The number of hydrogen-bond donors (Lipinski definition) is 1. The van der Waals surface area contributed by atoms with Crippen molar-refractivity contribution in [1.29, 1.82) is 0 Å². The monoisotopic (exact) mass is 516 g/mol. The number of aryl methyl sites for hydroxylation is 3. The number of rotatable bonds is 10. The normalized spacial score (nSPS) is 11.3. The van der Waals surface area contributed by atoms with Gasteiger partial charge in [0.25, 0.3) is 10.0 Å². The third-order valence-electron chi connectivity index (χ3n) is 5.17. The first-order chi connectivity index (χ1) is 16.2. The number of thioether (sulfide) groups is 1. The molecule has 0 radical (unpaired) electrons. The molecule has 0 fully saturated rings. The molecule has 0 aliphatic heterocycles. The molecule has 0 spiro atoms. The average Bonchev–Trinajstić information content (AvgIpc) is 2.78. The number of nitrogens with one attached hydrogen (secondary N) is 1. The summed E-state index contributed by atoms with van der Waals surface area (Å²) in [6.45, 7) is 5.84. The number of amides is 1. The Labute approximate surface area is 211 Å². The topological polar surface area (TPSA) is 66.5 Å². The van der Waals surface area contributed by atoms with Crippen LogP contribution in [0.5, 0.6) is 0 Å². The molecule has 8 heteroatoms. The van der Waals surface area contributed by atoms with Crippen LogP contribution in [0.4, 0.5) is 5.69 Å². The van der Waals surface area contributed by atoms with Crippen LogP contribution in [-0.2, 0) is 20.6 Å². The Morgan fingerprint density at radius 2 is 1.59 bits per heavy atom. The van der Waals surface area contributed by atoms with Crippen LogP contribution < -0.4 is 9.62 Å². The molecule has 3 aromatic carbocycles. The largest absolute Gasteiger partial charge is 0.354 e. The van der Waals surface area contributed by atoms with Gasteiger partial charge in [-0.1, -0.05) is 53.6 Å². The lowest BCUT2D eigenvalue weighted by atomic mass is 10.1. The van der Waals surface area contributed by atoms with Gasteiger partial charge in [0.1, 0.15) is 6.54 Å². The van der Waals surface area contributed by atoms with Crippen molar-refractivity contribution in [3.05, 3.63) is 94.0 Å². The van der Waals surface area contributed by atoms with Crippen molar-refractivity contribution in [3.63, 3.8) is 0 Å². The first kappa shape index (κ1) is 26.1. The molecule has 0 saturated heterocycles. The quantitative estimate of drug-likeness (QED) is 0.361. The Morgan fingerprint density at radius 1 is 0.941 bits per heavy atom. The van der Waals surface area contributed by atoms with E-state index in [1.54, 1.807) is 48.2 Å². The first-order valence-corrected chi connectivity index (χ1v) is 13.9. The Hall–Kier alpha value is -2.48. The van der Waals surface area contributed by atoms with Gasteiger partial charge in [-0.15, -0.1) is 0 Å². The number of benzene rings is 3. The zero-order valence-corrected chi connectivity index (χ0v) is 21.9. The summed E-state index contributed by atoms with van der Waals surface area (Å²) in [5, 5.41) is 3.57. The Kier molecular flexibility index (Phi) is 9.05. The zero-order valence-electron chi connectivity index (χ0n) is 19.5. The highest BCUT2D eigenvalue weighted by Crippen LogP contribution is 2.26. The second-order valence-corrected chi connectivity index (χ2v) is 11.5. The van der Waals surface area contributed by atoms with Crippen LogP contribution in [0.1, 0.15) is 22.3 Å². The van der Waals surface area contributed by atoms with Crippen molar-refractivity contribution >= 4 is 45.0 Å². The van der Waals surface area contributed by atoms with Gasteiger partial charge in [0, 0.05) is 23.1 Å². The van der Waals surface area contributed by atoms with Crippen molar-refractivity contribution in [2.24, 2.45) is 0 Å². The summed E-state index contributed by atoms with van der Waals surface area (Å²) in [7, 11) is -3.92. The predicted octanol–water partition coefficient (Wildman–Crippen LogP) is 5.51. The summed E-state index contributed by atoms with van der Waals surface area (Å²) in [6, 6.07) is 19.9. The second-order valence-electron chi connectivity index (χ2n) is 8.16. The summed E-state index contributed by atoms with van der Waals surface area (Å²) in [6.07, 6.45) is 0. The number of carbonyl (C=O) groups excluding carboxylic acids is 1. The number of carbonyl (C=O) groups is 1. The fourth-order valence-corrected chi connectivity index (χ4v) is 6.04. The lowest BCUT2D eigenvalue weighted by molar-refractivity contribution is -0.119. The summed E-state index contributed by atoms with van der Waals surface area (Å²) in [4.78, 5) is 12.9. The molecule has 0 atom stereocenters. The highest BCUT2D eigenvalue weighted by atomic mass is 35.5. The van der Waals surface area contributed by atoms with Crippen LogP contribution in [0, 0.1) is 20.8 Å². The first-order valence-electron chi connectivity index (χ1n) is 10.9. The maximum Gasteiger partial charge on any atom is 0.264 e. The van der Waals surface area contributed by atoms with E-state index in [-0.39, 0.29) is 17.3 Å². The van der Waals surface area contributed by atoms with Gasteiger partial charge in [-0.3, -0.25) is 9.10 Å². The minimum atomic E-state index is -3.92. The van der Waals surface area contributed by atoms with E-state index >= 15 is 0 Å². The van der Waals surface area contributed by atoms with Crippen molar-refractivity contribution in [3.8, 4) is 0 Å². The predicted molar refractivity (Wildman–Crippen MR) is 142 cm³/mol. The molecular formula is C26H29ClN2O3S2. The van der Waals surface area contributed by atoms with Crippen LogP contribution in [0.3, 0.4) is 0 Å². The number of anilines is 1. The fourth-order valence-electron chi connectivity index (χ4n) is 3.49. The van der Waals surface area contributed by atoms with Crippen LogP contribution >= 0.6 is 23.4 Å². The van der Waals surface area contributed by atoms with Crippen LogP contribution in [-0.4, -0.2) is 33.2 Å². The van der Waals surface area contributed by atoms with Gasteiger partial charge >= 0.3 is 0 Å². The number of halogens is 1. The Bertz CT molecular complexity index is 1220. The molecule has 1 N–H and O–H groups in total. The summed E-state index contributed by atoms with van der Waals surface area (Å²) < 4.78 is 28.2. The van der Waals surface area contributed by atoms with Crippen LogP contribution in [0.15, 0.2) is 71.6 Å². The zero-order chi connectivity index (χ0) is 24.7. The molecule has 0 aliphatic rings. The number of sulfonamides is 1. The molecule has 3 aromatic rings. The highest BCUT2D eigenvalue weighted by molar-refractivity contribution is 7.98. The maximum absolute atomic E-state index is 13.5. The molecule has 34 heavy (non-hydrogen) atoms. The third-order valence-corrected chi connectivity index (χ3v) is 8.34. The SMILES string of the molecule is Cc1ccc(S(=O)(=O)N(CC(=O)NCCSCc2ccccc2Cl)c2cc(C)cc(C)c2)cc1. The van der Waals surface area contributed by atoms with Gasteiger partial charge in [-0.05, 0) is 67.8 Å². The minimum Gasteiger partial charge on any atom is -0.354 e. The molecular weight excluding hydrogens is 488 g/mol. The van der Waals surface area contributed by atoms with Crippen molar-refractivity contribution in [2.75, 3.05) is 23.1 Å². The van der Waals surface area contributed by atoms with Gasteiger partial charge in [0.15, 0.2) is 0 Å². The van der Waals surface area contributed by atoms with E-state index in [2.05, 4.69) is 5.32 Å². The smallest absolute Gasteiger partial charge is 0.264 e. The molecule has 0 aromatic heterocycles. The molecule has 5 nitrogen and oxygen atoms in total. The van der Waals surface area contributed by atoms with Crippen LogP contribution in [0.25, 0.3) is 0 Å². The van der Waals surface area contributed by atoms with E-state index in [0.717, 1.165) is 33.0 Å². The highest BCUT2D eigenvalue weighted by Gasteiger charge is 2.27. The maximum atomic E-state index is 13.5. The lowest BCUT2D eigenvalue weighted by Gasteiger charge is -2.25. The van der Waals surface area contributed by atoms with E-state index in [9.17, 15) is 13.2 Å². The number of nitrogens with zero attached hydrogens (tertiary/aromatic N) is 1. The summed E-state index contributed by atoms with van der Waals surface area (Å²) >= 11 is 7.84. The fraction of sp³-hybridized carbons (Fsp3) is 0.269. The van der Waals surface area contributed by atoms with E-state index in [0.29, 0.717) is 18.0 Å². The molecule has 3 rings (SSSR count). The summed E-state index contributed by atoms with van der Waals surface area (Å²) in [5.41, 5.74) is 4.34. The molecule has 1 amide bonds. The molecule has 0 aliphatic carbocycles. The van der Waals surface area contributed by atoms with Gasteiger partial charge in [-0.2, -0.15) is 11.8 Å². The number of hydrogen-bond acceptors (Lipinski definition) is 4. The van der Waals surface area contributed by atoms with E-state index in [4.69, 9.17) is 11.6 Å². The van der Waals surface area contributed by atoms with E-state index in [1.807, 2.05) is 51.1 Å². The Balaban J connectivity index is 1.69. The van der Waals surface area contributed by atoms with Crippen molar-refractivity contribution in [2.45, 2.75) is 31.4 Å². The third kappa shape index (κ3) is 7.01. The van der Waals surface area contributed by atoms with E-state index in [1.165, 1.54) is 4.31 Å². The second kappa shape index (κ2) is 11.8. The van der Waals surface area contributed by atoms with Crippen LogP contribution in [0.2, 0.25) is 5.02 Å². The average molecular weight is 517 g/mol. The van der Waals surface area contributed by atoms with Gasteiger partial charge in [0.05, 0.1) is 10.6 Å². The molecule has 0 saturated carbocycles. The van der Waals surface area contributed by atoms with E-state index < -0.39 is 10.0 Å². The van der Waals surface area contributed by atoms with Crippen molar-refractivity contribution < 1.29 is 13.2 Å². The molecule has 0 unspecified atom stereocenters. The van der Waals surface area contributed by atoms with Gasteiger partial charge < -0.3 is 5.32 Å².